The molecule has 3 rings (SSSR count). The molecule has 2 aromatic rings. The van der Waals surface area contributed by atoms with Crippen LogP contribution in [0.3, 0.4) is 0 Å². The fourth-order valence-electron chi connectivity index (χ4n) is 2.98. The first kappa shape index (κ1) is 15.9. The predicted octanol–water partition coefficient (Wildman–Crippen LogP) is 2.81. The van der Waals surface area contributed by atoms with Crippen LogP contribution in [0.15, 0.2) is 48.5 Å². The molecule has 1 aliphatic rings. The van der Waals surface area contributed by atoms with Crippen molar-refractivity contribution in [2.24, 2.45) is 0 Å². The number of benzene rings is 2. The minimum absolute atomic E-state index is 0.0656. The van der Waals surface area contributed by atoms with E-state index >= 15 is 0 Å². The molecule has 5 heteroatoms. The Morgan fingerprint density at radius 1 is 1.08 bits per heavy atom. The number of Topliss-reactive ketones (excluding diaryl/α,β-unsaturated/α-hetero) is 1. The maximum atomic E-state index is 12.6. The van der Waals surface area contributed by atoms with Crippen LogP contribution < -0.4 is 10.2 Å². The van der Waals surface area contributed by atoms with Crippen molar-refractivity contribution in [1.82, 2.24) is 0 Å². The predicted molar refractivity (Wildman–Crippen MR) is 92.2 cm³/mol. The maximum Gasteiger partial charge on any atom is 0.316 e. The van der Waals surface area contributed by atoms with E-state index < -0.39 is 11.8 Å². The van der Waals surface area contributed by atoms with Gasteiger partial charge in [-0.1, -0.05) is 30.3 Å². The van der Waals surface area contributed by atoms with E-state index in [4.69, 9.17) is 0 Å². The van der Waals surface area contributed by atoms with Crippen molar-refractivity contribution in [3.63, 3.8) is 0 Å². The molecule has 1 unspecified atom stereocenters. The Labute approximate surface area is 140 Å². The smallest absolute Gasteiger partial charge is 0.316 e. The Morgan fingerprint density at radius 2 is 1.83 bits per heavy atom. The summed E-state index contributed by atoms with van der Waals surface area (Å²) >= 11 is 0. The average Bonchev–Trinajstić information content (AvgIpc) is 2.90. The highest BCUT2D eigenvalue weighted by atomic mass is 16.2. The molecular weight excluding hydrogens is 304 g/mol. The Bertz CT molecular complexity index is 829. The molecule has 0 saturated heterocycles. The number of nitrogens with one attached hydrogen (secondary N) is 1. The molecule has 24 heavy (non-hydrogen) atoms. The van der Waals surface area contributed by atoms with Gasteiger partial charge in [0, 0.05) is 23.0 Å². The maximum absolute atomic E-state index is 12.6. The standard InChI is InChI=1S/C19H18N2O3/c1-12-10-15-6-3-4-9-17(15)21(12)19(24)18(23)20-16-8-5-7-14(11-16)13(2)22/h3-9,11-12H,10H2,1-2H3,(H,20,23). The average molecular weight is 322 g/mol. The third-order valence-corrected chi connectivity index (χ3v) is 4.15. The molecular formula is C19H18N2O3. The van der Waals surface area contributed by atoms with Crippen molar-refractivity contribution >= 4 is 29.0 Å². The van der Waals surface area contributed by atoms with Crippen molar-refractivity contribution in [2.45, 2.75) is 26.3 Å². The van der Waals surface area contributed by atoms with Gasteiger partial charge in [-0.2, -0.15) is 0 Å². The number of rotatable bonds is 2. The van der Waals surface area contributed by atoms with E-state index in [0.29, 0.717) is 11.3 Å². The molecule has 0 aliphatic carbocycles. The zero-order valence-electron chi connectivity index (χ0n) is 13.6. The number of carbonyl (C=O) groups excluding carboxylic acids is 3. The second kappa shape index (κ2) is 6.28. The van der Waals surface area contributed by atoms with Crippen LogP contribution in [0.5, 0.6) is 0 Å². The molecule has 1 aliphatic heterocycles. The molecule has 1 atom stereocenters. The fourth-order valence-corrected chi connectivity index (χ4v) is 2.98. The molecule has 0 aromatic heterocycles. The number of nitrogens with zero attached hydrogens (tertiary/aromatic N) is 1. The van der Waals surface area contributed by atoms with E-state index in [1.165, 1.54) is 11.8 Å². The molecule has 0 spiro atoms. The van der Waals surface area contributed by atoms with Crippen molar-refractivity contribution < 1.29 is 14.4 Å². The van der Waals surface area contributed by atoms with Crippen molar-refractivity contribution in [2.75, 3.05) is 10.2 Å². The van der Waals surface area contributed by atoms with Crippen LogP contribution >= 0.6 is 0 Å². The summed E-state index contributed by atoms with van der Waals surface area (Å²) in [5.41, 5.74) is 2.76. The van der Waals surface area contributed by atoms with E-state index in [2.05, 4.69) is 5.32 Å². The van der Waals surface area contributed by atoms with Gasteiger partial charge in [-0.3, -0.25) is 14.4 Å². The lowest BCUT2D eigenvalue weighted by Crippen LogP contribution is -2.43. The molecule has 122 valence electrons. The lowest BCUT2D eigenvalue weighted by atomic mass is 10.1. The van der Waals surface area contributed by atoms with Crippen LogP contribution in [-0.2, 0) is 16.0 Å². The molecule has 2 amide bonds. The first-order valence-electron chi connectivity index (χ1n) is 7.81. The van der Waals surface area contributed by atoms with Crippen LogP contribution in [0.1, 0.15) is 29.8 Å². The van der Waals surface area contributed by atoms with Crippen molar-refractivity contribution in [1.29, 1.82) is 0 Å². The van der Waals surface area contributed by atoms with E-state index in [9.17, 15) is 14.4 Å². The molecule has 1 N–H and O–H groups in total. The Morgan fingerprint density at radius 3 is 2.58 bits per heavy atom. The molecule has 0 bridgehead atoms. The molecule has 2 aromatic carbocycles. The topological polar surface area (TPSA) is 66.5 Å². The van der Waals surface area contributed by atoms with Gasteiger partial charge in [0.25, 0.3) is 0 Å². The van der Waals surface area contributed by atoms with Crippen LogP contribution in [0.25, 0.3) is 0 Å². The van der Waals surface area contributed by atoms with Gasteiger partial charge in [-0.25, -0.2) is 0 Å². The summed E-state index contributed by atoms with van der Waals surface area (Å²) in [6, 6.07) is 14.1. The minimum Gasteiger partial charge on any atom is -0.318 e. The number of carbonyl (C=O) groups is 3. The summed E-state index contributed by atoms with van der Waals surface area (Å²) in [6.07, 6.45) is 0.731. The monoisotopic (exact) mass is 322 g/mol. The zero-order chi connectivity index (χ0) is 17.3. The Kier molecular flexibility index (Phi) is 4.16. The number of fused-ring (bicyclic) bond motifs is 1. The molecule has 0 fully saturated rings. The highest BCUT2D eigenvalue weighted by molar-refractivity contribution is 6.44. The number of anilines is 2. The van der Waals surface area contributed by atoms with E-state index in [0.717, 1.165) is 17.7 Å². The quantitative estimate of drug-likeness (QED) is 0.683. The SMILES string of the molecule is CC(=O)c1cccc(NC(=O)C(=O)N2c3ccccc3CC2C)c1. The van der Waals surface area contributed by atoms with Crippen molar-refractivity contribution in [3.8, 4) is 0 Å². The van der Waals surface area contributed by atoms with Crippen LogP contribution in [0, 0.1) is 0 Å². The first-order valence-corrected chi connectivity index (χ1v) is 7.81. The molecule has 5 nitrogen and oxygen atoms in total. The Hall–Kier alpha value is -2.95. The van der Waals surface area contributed by atoms with E-state index in [1.807, 2.05) is 31.2 Å². The molecule has 0 saturated carbocycles. The second-order valence-electron chi connectivity index (χ2n) is 5.95. The number of hydrogen-bond donors (Lipinski definition) is 1. The summed E-state index contributed by atoms with van der Waals surface area (Å²) in [5.74, 6) is -1.40. The van der Waals surface area contributed by atoms with Gasteiger partial charge >= 0.3 is 11.8 Å². The lowest BCUT2D eigenvalue weighted by molar-refractivity contribution is -0.134. The highest BCUT2D eigenvalue weighted by Gasteiger charge is 2.34. The zero-order valence-corrected chi connectivity index (χ0v) is 13.6. The molecule has 1 heterocycles. The number of amides is 2. The van der Waals surface area contributed by atoms with E-state index in [1.54, 1.807) is 24.3 Å². The van der Waals surface area contributed by atoms with Gasteiger partial charge < -0.3 is 10.2 Å². The lowest BCUT2D eigenvalue weighted by Gasteiger charge is -2.22. The van der Waals surface area contributed by atoms with Crippen molar-refractivity contribution in [3.05, 3.63) is 59.7 Å². The number of hydrogen-bond acceptors (Lipinski definition) is 3. The second-order valence-corrected chi connectivity index (χ2v) is 5.95. The van der Waals surface area contributed by atoms with Gasteiger partial charge in [-0.05, 0) is 44.0 Å². The minimum atomic E-state index is -0.709. The van der Waals surface area contributed by atoms with Gasteiger partial charge in [0.05, 0.1) is 0 Å². The normalized spacial score (nSPS) is 15.8. The number of ketones is 1. The van der Waals surface area contributed by atoms with Gasteiger partial charge in [0.1, 0.15) is 0 Å². The summed E-state index contributed by atoms with van der Waals surface area (Å²) < 4.78 is 0. The summed E-state index contributed by atoms with van der Waals surface area (Å²) in [5, 5.41) is 2.58. The van der Waals surface area contributed by atoms with Crippen LogP contribution in [-0.4, -0.2) is 23.6 Å². The van der Waals surface area contributed by atoms with Gasteiger partial charge in [-0.15, -0.1) is 0 Å². The summed E-state index contributed by atoms with van der Waals surface area (Å²) in [6.45, 7) is 3.37. The van der Waals surface area contributed by atoms with E-state index in [-0.39, 0.29) is 11.8 Å². The fraction of sp³-hybridized carbons (Fsp3) is 0.211. The first-order chi connectivity index (χ1) is 11.5. The van der Waals surface area contributed by atoms with Crippen LogP contribution in [0.2, 0.25) is 0 Å². The number of para-hydroxylation sites is 1. The van der Waals surface area contributed by atoms with Gasteiger partial charge in [0.15, 0.2) is 5.78 Å². The summed E-state index contributed by atoms with van der Waals surface area (Å²) in [4.78, 5) is 37.9. The van der Waals surface area contributed by atoms with Gasteiger partial charge in [0.2, 0.25) is 0 Å². The largest absolute Gasteiger partial charge is 0.318 e. The summed E-state index contributed by atoms with van der Waals surface area (Å²) in [7, 11) is 0. The Balaban J connectivity index is 1.80. The third kappa shape index (κ3) is 2.93. The van der Waals surface area contributed by atoms with Crippen LogP contribution in [0.4, 0.5) is 11.4 Å². The third-order valence-electron chi connectivity index (χ3n) is 4.15. The highest BCUT2D eigenvalue weighted by Crippen LogP contribution is 2.31. The molecule has 0 radical (unpaired) electrons.